The first kappa shape index (κ1) is 19.8. The number of halogens is 1. The monoisotopic (exact) mass is 398 g/mol. The van der Waals surface area contributed by atoms with Gasteiger partial charge in [-0.1, -0.05) is 0 Å². The molecule has 1 aromatic carbocycles. The molecule has 3 heterocycles. The second-order valence-electron chi connectivity index (χ2n) is 7.65. The highest BCUT2D eigenvalue weighted by Gasteiger charge is 2.27. The van der Waals surface area contributed by atoms with Crippen LogP contribution < -0.4 is 0 Å². The third-order valence-corrected chi connectivity index (χ3v) is 5.44. The molecule has 0 aliphatic carbocycles. The lowest BCUT2D eigenvalue weighted by atomic mass is 10.1. The number of hydrogen-bond acceptors (Lipinski definition) is 5. The van der Waals surface area contributed by atoms with E-state index in [0.717, 1.165) is 61.9 Å². The van der Waals surface area contributed by atoms with Crippen LogP contribution in [0.3, 0.4) is 0 Å². The maximum Gasteiger partial charge on any atom is 0.123 e. The Hall–Kier alpha value is -2.48. The average molecular weight is 398 g/mol. The van der Waals surface area contributed by atoms with Gasteiger partial charge in [-0.3, -0.25) is 9.80 Å². The van der Waals surface area contributed by atoms with E-state index in [2.05, 4.69) is 14.9 Å². The van der Waals surface area contributed by atoms with Gasteiger partial charge in [0, 0.05) is 50.6 Å². The van der Waals surface area contributed by atoms with Crippen molar-refractivity contribution in [3.63, 3.8) is 0 Å². The van der Waals surface area contributed by atoms with E-state index in [0.29, 0.717) is 0 Å². The van der Waals surface area contributed by atoms with E-state index in [1.807, 2.05) is 31.5 Å². The molecule has 0 amide bonds. The fourth-order valence-corrected chi connectivity index (χ4v) is 3.94. The Labute approximate surface area is 170 Å². The van der Waals surface area contributed by atoms with Gasteiger partial charge < -0.3 is 9.52 Å². The lowest BCUT2D eigenvalue weighted by Crippen LogP contribution is -2.52. The molecule has 2 aromatic heterocycles. The molecule has 0 unspecified atom stereocenters. The van der Waals surface area contributed by atoms with Gasteiger partial charge in [0.1, 0.15) is 17.3 Å². The Morgan fingerprint density at radius 2 is 1.97 bits per heavy atom. The molecule has 29 heavy (non-hydrogen) atoms. The van der Waals surface area contributed by atoms with E-state index in [9.17, 15) is 9.50 Å². The summed E-state index contributed by atoms with van der Waals surface area (Å²) in [5, 5.41) is 13.9. The fraction of sp³-hybridized carbons (Fsp3) is 0.409. The lowest BCUT2D eigenvalue weighted by Gasteiger charge is -2.41. The third-order valence-electron chi connectivity index (χ3n) is 5.44. The number of aliphatic hydroxyl groups excluding tert-OH is 1. The normalized spacial score (nSPS) is 18.4. The Morgan fingerprint density at radius 1 is 1.14 bits per heavy atom. The molecular formula is C22H27FN4O2. The molecule has 1 N–H and O–H groups in total. The van der Waals surface area contributed by atoms with Crippen LogP contribution in [0, 0.1) is 12.7 Å². The van der Waals surface area contributed by atoms with Gasteiger partial charge in [-0.25, -0.2) is 9.07 Å². The maximum absolute atomic E-state index is 13.1. The molecular weight excluding hydrogens is 371 g/mol. The number of furan rings is 1. The standard InChI is InChI=1S/C22H27FN4O2/c1-17-2-7-22(29-17)16-26-10-9-25(15-21(26)8-11-28)13-18-12-24-27(14-18)20-5-3-19(23)4-6-20/h2-7,12,14,21,28H,8-11,13,15-16H2,1H3/t21-/m1/s1. The minimum Gasteiger partial charge on any atom is -0.465 e. The van der Waals surface area contributed by atoms with Crippen LogP contribution in [0.4, 0.5) is 4.39 Å². The molecule has 7 heteroatoms. The summed E-state index contributed by atoms with van der Waals surface area (Å²) in [6.45, 7) is 6.47. The molecule has 4 rings (SSSR count). The van der Waals surface area contributed by atoms with Crippen molar-refractivity contribution < 1.29 is 13.9 Å². The van der Waals surface area contributed by atoms with Gasteiger partial charge in [0.15, 0.2) is 0 Å². The highest BCUT2D eigenvalue weighted by molar-refractivity contribution is 5.31. The number of aryl methyl sites for hydroxylation is 1. The van der Waals surface area contributed by atoms with Crippen LogP contribution in [0.5, 0.6) is 0 Å². The second-order valence-corrected chi connectivity index (χ2v) is 7.65. The predicted octanol–water partition coefficient (Wildman–Crippen LogP) is 2.98. The van der Waals surface area contributed by atoms with Crippen LogP contribution in [-0.2, 0) is 13.1 Å². The molecule has 0 spiro atoms. The molecule has 1 aliphatic rings. The number of aromatic nitrogens is 2. The summed E-state index contributed by atoms with van der Waals surface area (Å²) in [4.78, 5) is 4.79. The third kappa shape index (κ3) is 4.93. The van der Waals surface area contributed by atoms with Gasteiger partial charge >= 0.3 is 0 Å². The molecule has 0 bridgehead atoms. The SMILES string of the molecule is Cc1ccc(CN2CCN(Cc3cnn(-c4ccc(F)cc4)c3)C[C@H]2CCO)o1. The topological polar surface area (TPSA) is 57.7 Å². The molecule has 3 aromatic rings. The molecule has 1 aliphatic heterocycles. The minimum absolute atomic E-state index is 0.175. The quantitative estimate of drug-likeness (QED) is 0.663. The van der Waals surface area contributed by atoms with Crippen molar-refractivity contribution in [1.29, 1.82) is 0 Å². The first-order valence-corrected chi connectivity index (χ1v) is 10.0. The van der Waals surface area contributed by atoms with E-state index < -0.39 is 0 Å². The predicted molar refractivity (Wildman–Crippen MR) is 108 cm³/mol. The van der Waals surface area contributed by atoms with Crippen LogP contribution in [0.2, 0.25) is 0 Å². The summed E-state index contributed by atoms with van der Waals surface area (Å²) in [5.74, 6) is 1.65. The molecule has 6 nitrogen and oxygen atoms in total. The molecule has 1 saturated heterocycles. The summed E-state index contributed by atoms with van der Waals surface area (Å²) >= 11 is 0. The zero-order chi connectivity index (χ0) is 20.2. The molecule has 154 valence electrons. The second kappa shape index (κ2) is 8.90. The number of piperazine rings is 1. The van der Waals surface area contributed by atoms with Crippen molar-refractivity contribution in [2.75, 3.05) is 26.2 Å². The van der Waals surface area contributed by atoms with Crippen molar-refractivity contribution >= 4 is 0 Å². The molecule has 1 atom stereocenters. The number of benzene rings is 1. The van der Waals surface area contributed by atoms with Crippen molar-refractivity contribution in [3.8, 4) is 5.69 Å². The average Bonchev–Trinajstić information content (AvgIpc) is 3.34. The van der Waals surface area contributed by atoms with Crippen molar-refractivity contribution in [3.05, 3.63) is 71.7 Å². The zero-order valence-electron chi connectivity index (χ0n) is 16.7. The van der Waals surface area contributed by atoms with Gasteiger partial charge in [-0.2, -0.15) is 5.10 Å². The van der Waals surface area contributed by atoms with Crippen LogP contribution >= 0.6 is 0 Å². The van der Waals surface area contributed by atoms with Crippen molar-refractivity contribution in [2.45, 2.75) is 32.5 Å². The molecule has 1 fully saturated rings. The highest BCUT2D eigenvalue weighted by Crippen LogP contribution is 2.20. The number of aliphatic hydroxyl groups is 1. The Kier molecular flexibility index (Phi) is 6.08. The van der Waals surface area contributed by atoms with Gasteiger partial charge in [0.25, 0.3) is 0 Å². The highest BCUT2D eigenvalue weighted by atomic mass is 19.1. The van der Waals surface area contributed by atoms with E-state index in [-0.39, 0.29) is 18.5 Å². The van der Waals surface area contributed by atoms with Crippen LogP contribution in [0.1, 0.15) is 23.5 Å². The van der Waals surface area contributed by atoms with Gasteiger partial charge in [0.05, 0.1) is 18.4 Å². The first-order chi connectivity index (χ1) is 14.1. The Balaban J connectivity index is 1.38. The van der Waals surface area contributed by atoms with E-state index in [1.54, 1.807) is 16.8 Å². The Bertz CT molecular complexity index is 921. The van der Waals surface area contributed by atoms with Crippen molar-refractivity contribution in [1.82, 2.24) is 19.6 Å². The minimum atomic E-state index is -0.251. The summed E-state index contributed by atoms with van der Waals surface area (Å²) < 4.78 is 20.6. The number of nitrogens with zero attached hydrogens (tertiary/aromatic N) is 4. The Morgan fingerprint density at radius 3 is 2.69 bits per heavy atom. The summed E-state index contributed by atoms with van der Waals surface area (Å²) in [5.41, 5.74) is 1.96. The number of rotatable bonds is 7. The molecule has 0 saturated carbocycles. The maximum atomic E-state index is 13.1. The van der Waals surface area contributed by atoms with Crippen LogP contribution in [0.15, 0.2) is 53.2 Å². The summed E-state index contributed by atoms with van der Waals surface area (Å²) in [6, 6.07) is 10.6. The van der Waals surface area contributed by atoms with Crippen LogP contribution in [-0.4, -0.2) is 57.0 Å². The van der Waals surface area contributed by atoms with E-state index in [4.69, 9.17) is 4.42 Å². The first-order valence-electron chi connectivity index (χ1n) is 10.0. The number of hydrogen-bond donors (Lipinski definition) is 1. The van der Waals surface area contributed by atoms with E-state index >= 15 is 0 Å². The summed E-state index contributed by atoms with van der Waals surface area (Å²) in [7, 11) is 0. The van der Waals surface area contributed by atoms with Gasteiger partial charge in [0.2, 0.25) is 0 Å². The lowest BCUT2D eigenvalue weighted by molar-refractivity contribution is 0.0454. The van der Waals surface area contributed by atoms with Crippen LogP contribution in [0.25, 0.3) is 5.69 Å². The fourth-order valence-electron chi connectivity index (χ4n) is 3.94. The van der Waals surface area contributed by atoms with E-state index in [1.165, 1.54) is 12.1 Å². The van der Waals surface area contributed by atoms with Gasteiger partial charge in [-0.05, 0) is 49.7 Å². The molecule has 0 radical (unpaired) electrons. The van der Waals surface area contributed by atoms with Gasteiger partial charge in [-0.15, -0.1) is 0 Å². The van der Waals surface area contributed by atoms with Crippen molar-refractivity contribution in [2.24, 2.45) is 0 Å². The zero-order valence-corrected chi connectivity index (χ0v) is 16.7. The largest absolute Gasteiger partial charge is 0.465 e. The smallest absolute Gasteiger partial charge is 0.123 e. The summed E-state index contributed by atoms with van der Waals surface area (Å²) in [6.07, 6.45) is 4.60.